The van der Waals surface area contributed by atoms with Gasteiger partial charge in [0.2, 0.25) is 0 Å². The fourth-order valence-electron chi connectivity index (χ4n) is 1.20. The normalized spacial score (nSPS) is 12.2. The minimum atomic E-state index is -0.966. The predicted octanol–water partition coefficient (Wildman–Crippen LogP) is 0.576. The molecule has 16 heavy (non-hydrogen) atoms. The summed E-state index contributed by atoms with van der Waals surface area (Å²) in [5.41, 5.74) is 5.78. The van der Waals surface area contributed by atoms with Crippen LogP contribution in [0.5, 0.6) is 0 Å². The number of nitrogens with two attached hydrogens (primary N) is 1. The Bertz CT molecular complexity index is 411. The number of hydrogen-bond donors (Lipinski definition) is 1. The molecule has 0 aliphatic heterocycles. The van der Waals surface area contributed by atoms with Crippen molar-refractivity contribution < 1.29 is 18.8 Å². The zero-order valence-corrected chi connectivity index (χ0v) is 9.44. The Morgan fingerprint density at radius 2 is 2.19 bits per heavy atom. The molecule has 0 aromatic carbocycles. The number of nitrogens with zero attached hydrogens (tertiary/aromatic N) is 1. The molecule has 0 fully saturated rings. The van der Waals surface area contributed by atoms with Crippen LogP contribution in [-0.2, 0) is 16.0 Å². The summed E-state index contributed by atoms with van der Waals surface area (Å²) in [5, 5.41) is 3.72. The zero-order valence-electron chi connectivity index (χ0n) is 9.44. The fraction of sp³-hybridized carbons (Fsp3) is 0.500. The average Bonchev–Trinajstić information content (AvgIpc) is 2.59. The molecule has 6 nitrogen and oxygen atoms in total. The molecule has 0 bridgehead atoms. The van der Waals surface area contributed by atoms with Crippen molar-refractivity contribution in [2.24, 2.45) is 5.73 Å². The van der Waals surface area contributed by atoms with Crippen molar-refractivity contribution in [3.05, 3.63) is 17.0 Å². The van der Waals surface area contributed by atoms with Gasteiger partial charge in [0.15, 0.2) is 6.10 Å². The molecular formula is C10H14N2O4. The van der Waals surface area contributed by atoms with Gasteiger partial charge in [-0.3, -0.25) is 4.79 Å². The topological polar surface area (TPSA) is 95.4 Å². The summed E-state index contributed by atoms with van der Waals surface area (Å²) in [5.74, 6) is -0.957. The van der Waals surface area contributed by atoms with Crippen molar-refractivity contribution in [2.75, 3.05) is 0 Å². The molecule has 1 aromatic heterocycles. The highest BCUT2D eigenvalue weighted by molar-refractivity contribution is 5.93. The molecule has 0 saturated heterocycles. The maximum absolute atomic E-state index is 11.7. The molecule has 0 aliphatic rings. The molecule has 6 heteroatoms. The molecule has 0 spiro atoms. The number of carbonyl (C=O) groups excluding carboxylic acids is 2. The SMILES string of the molecule is CCc1noc(C)c1C(=O)O[C@@H](C)C(N)=O. The lowest BCUT2D eigenvalue weighted by molar-refractivity contribution is -0.125. The van der Waals surface area contributed by atoms with Gasteiger partial charge < -0.3 is 15.0 Å². The number of aromatic nitrogens is 1. The molecule has 0 unspecified atom stereocenters. The molecule has 2 N–H and O–H groups in total. The van der Waals surface area contributed by atoms with Crippen molar-refractivity contribution >= 4 is 11.9 Å². The highest BCUT2D eigenvalue weighted by atomic mass is 16.5. The number of amides is 1. The van der Waals surface area contributed by atoms with E-state index in [1.807, 2.05) is 6.92 Å². The van der Waals surface area contributed by atoms with E-state index in [2.05, 4.69) is 5.16 Å². The van der Waals surface area contributed by atoms with Crippen molar-refractivity contribution in [1.82, 2.24) is 5.16 Å². The molecule has 0 saturated carbocycles. The molecule has 1 rings (SSSR count). The lowest BCUT2D eigenvalue weighted by Crippen LogP contribution is -2.30. The molecule has 0 aliphatic carbocycles. The standard InChI is InChI=1S/C10H14N2O4/c1-4-7-8(5(2)16-12-7)10(14)15-6(3)9(11)13/h6H,4H2,1-3H3,(H2,11,13)/t6-/m0/s1. The van der Waals surface area contributed by atoms with Crippen LogP contribution >= 0.6 is 0 Å². The Morgan fingerprint density at radius 3 is 2.69 bits per heavy atom. The number of rotatable bonds is 4. The third-order valence-corrected chi connectivity index (χ3v) is 2.16. The van der Waals surface area contributed by atoms with Crippen molar-refractivity contribution in [3.8, 4) is 0 Å². The first-order chi connectivity index (χ1) is 7.47. The third kappa shape index (κ3) is 2.39. The van der Waals surface area contributed by atoms with Crippen LogP contribution in [-0.4, -0.2) is 23.1 Å². The van der Waals surface area contributed by atoms with E-state index in [0.29, 0.717) is 17.9 Å². The van der Waals surface area contributed by atoms with Gasteiger partial charge in [0, 0.05) is 0 Å². The number of ether oxygens (including phenoxy) is 1. The van der Waals surface area contributed by atoms with Crippen LogP contribution in [0.1, 0.15) is 35.7 Å². The Kier molecular flexibility index (Phi) is 3.65. The van der Waals surface area contributed by atoms with Gasteiger partial charge in [0.05, 0.1) is 5.69 Å². The summed E-state index contributed by atoms with van der Waals surface area (Å²) >= 11 is 0. The van der Waals surface area contributed by atoms with Gasteiger partial charge in [0.25, 0.3) is 5.91 Å². The van der Waals surface area contributed by atoms with Crippen molar-refractivity contribution in [3.63, 3.8) is 0 Å². The summed E-state index contributed by atoms with van der Waals surface area (Å²) < 4.78 is 9.75. The maximum atomic E-state index is 11.7. The Balaban J connectivity index is 2.88. The van der Waals surface area contributed by atoms with E-state index in [9.17, 15) is 9.59 Å². The minimum Gasteiger partial charge on any atom is -0.449 e. The highest BCUT2D eigenvalue weighted by Gasteiger charge is 2.23. The predicted molar refractivity (Wildman–Crippen MR) is 54.7 cm³/mol. The van der Waals surface area contributed by atoms with E-state index in [4.69, 9.17) is 15.0 Å². The number of esters is 1. The molecule has 1 amide bonds. The Hall–Kier alpha value is -1.85. The van der Waals surface area contributed by atoms with Gasteiger partial charge in [-0.25, -0.2) is 4.79 Å². The first kappa shape index (κ1) is 12.2. The van der Waals surface area contributed by atoms with E-state index in [1.165, 1.54) is 6.92 Å². The molecule has 88 valence electrons. The van der Waals surface area contributed by atoms with Crippen LogP contribution in [0.25, 0.3) is 0 Å². The van der Waals surface area contributed by atoms with Gasteiger partial charge in [-0.05, 0) is 20.3 Å². The summed E-state index contributed by atoms with van der Waals surface area (Å²) in [6.45, 7) is 4.86. The second kappa shape index (κ2) is 4.78. The summed E-state index contributed by atoms with van der Waals surface area (Å²) in [4.78, 5) is 22.4. The number of hydrogen-bond acceptors (Lipinski definition) is 5. The van der Waals surface area contributed by atoms with E-state index in [-0.39, 0.29) is 5.56 Å². The molecular weight excluding hydrogens is 212 g/mol. The lowest BCUT2D eigenvalue weighted by Gasteiger charge is -2.08. The second-order valence-electron chi connectivity index (χ2n) is 3.36. The quantitative estimate of drug-likeness (QED) is 0.757. The van der Waals surface area contributed by atoms with E-state index < -0.39 is 18.0 Å². The number of carbonyl (C=O) groups is 2. The number of primary amides is 1. The first-order valence-corrected chi connectivity index (χ1v) is 4.92. The van der Waals surface area contributed by atoms with Gasteiger partial charge in [-0.15, -0.1) is 0 Å². The van der Waals surface area contributed by atoms with E-state index in [1.54, 1.807) is 6.92 Å². The highest BCUT2D eigenvalue weighted by Crippen LogP contribution is 2.15. The largest absolute Gasteiger partial charge is 0.449 e. The van der Waals surface area contributed by atoms with Crippen LogP contribution < -0.4 is 5.73 Å². The Morgan fingerprint density at radius 1 is 1.56 bits per heavy atom. The molecule has 1 aromatic rings. The van der Waals surface area contributed by atoms with Gasteiger partial charge in [0.1, 0.15) is 11.3 Å². The summed E-state index contributed by atoms with van der Waals surface area (Å²) in [6, 6.07) is 0. The lowest BCUT2D eigenvalue weighted by atomic mass is 10.1. The molecule has 1 atom stereocenters. The molecule has 0 radical (unpaired) electrons. The molecule has 1 heterocycles. The van der Waals surface area contributed by atoms with Gasteiger partial charge in [-0.2, -0.15) is 0 Å². The monoisotopic (exact) mass is 226 g/mol. The van der Waals surface area contributed by atoms with Crippen molar-refractivity contribution in [2.45, 2.75) is 33.3 Å². The minimum absolute atomic E-state index is 0.274. The maximum Gasteiger partial charge on any atom is 0.344 e. The van der Waals surface area contributed by atoms with Crippen molar-refractivity contribution in [1.29, 1.82) is 0 Å². The van der Waals surface area contributed by atoms with Crippen LogP contribution in [0.3, 0.4) is 0 Å². The second-order valence-corrected chi connectivity index (χ2v) is 3.36. The fourth-order valence-corrected chi connectivity index (χ4v) is 1.20. The van der Waals surface area contributed by atoms with Crippen LogP contribution in [0, 0.1) is 6.92 Å². The average molecular weight is 226 g/mol. The van der Waals surface area contributed by atoms with E-state index >= 15 is 0 Å². The van der Waals surface area contributed by atoms with Crippen LogP contribution in [0.2, 0.25) is 0 Å². The van der Waals surface area contributed by atoms with Crippen LogP contribution in [0.15, 0.2) is 4.52 Å². The van der Waals surface area contributed by atoms with Gasteiger partial charge >= 0.3 is 5.97 Å². The van der Waals surface area contributed by atoms with E-state index in [0.717, 1.165) is 0 Å². The number of aryl methyl sites for hydroxylation is 2. The zero-order chi connectivity index (χ0) is 12.3. The smallest absolute Gasteiger partial charge is 0.344 e. The summed E-state index contributed by atoms with van der Waals surface area (Å²) in [6.07, 6.45) is -0.418. The summed E-state index contributed by atoms with van der Waals surface area (Å²) in [7, 11) is 0. The third-order valence-electron chi connectivity index (χ3n) is 2.16. The van der Waals surface area contributed by atoms with Gasteiger partial charge in [-0.1, -0.05) is 12.1 Å². The van der Waals surface area contributed by atoms with Crippen LogP contribution in [0.4, 0.5) is 0 Å². The first-order valence-electron chi connectivity index (χ1n) is 4.92. The Labute approximate surface area is 92.7 Å².